The van der Waals surface area contributed by atoms with E-state index in [1.807, 2.05) is 0 Å². The summed E-state index contributed by atoms with van der Waals surface area (Å²) in [4.78, 5) is 21.0. The van der Waals surface area contributed by atoms with Crippen molar-refractivity contribution in [3.8, 4) is 0 Å². The van der Waals surface area contributed by atoms with Crippen molar-refractivity contribution in [2.24, 2.45) is 0 Å². The first kappa shape index (κ1) is 17.5. The van der Waals surface area contributed by atoms with Crippen molar-refractivity contribution in [2.75, 3.05) is 25.7 Å². The van der Waals surface area contributed by atoms with Crippen LogP contribution in [0.15, 0.2) is 35.7 Å². The summed E-state index contributed by atoms with van der Waals surface area (Å²) in [6.45, 7) is 0. The molecule has 5 nitrogen and oxygen atoms in total. The molecule has 0 bridgehead atoms. The second-order valence-corrected chi connectivity index (χ2v) is 6.24. The van der Waals surface area contributed by atoms with Gasteiger partial charge in [-0.1, -0.05) is 18.2 Å². The molecule has 0 saturated carbocycles. The van der Waals surface area contributed by atoms with Crippen LogP contribution in [-0.2, 0) is 30.2 Å². The SMILES string of the molecule is COC(=O)C[S+]([O-])CC(=O)OC.c1ccc2sccc2c1. The van der Waals surface area contributed by atoms with Gasteiger partial charge < -0.3 is 14.0 Å². The van der Waals surface area contributed by atoms with Gasteiger partial charge in [0.2, 0.25) is 11.5 Å². The van der Waals surface area contributed by atoms with Crippen molar-refractivity contribution >= 4 is 44.5 Å². The molecule has 2 rings (SSSR count). The second-order valence-electron chi connectivity index (χ2n) is 3.84. The maximum absolute atomic E-state index is 10.9. The first-order valence-corrected chi connectivity index (χ1v) is 8.34. The van der Waals surface area contributed by atoms with Gasteiger partial charge in [0.25, 0.3) is 0 Å². The normalized spacial score (nSPS) is 9.90. The zero-order valence-electron chi connectivity index (χ0n) is 11.7. The van der Waals surface area contributed by atoms with Crippen LogP contribution in [0.1, 0.15) is 0 Å². The average Bonchev–Trinajstić information content (AvgIpc) is 2.95. The Hall–Kier alpha value is -1.57. The van der Waals surface area contributed by atoms with E-state index in [2.05, 4.69) is 45.2 Å². The van der Waals surface area contributed by atoms with Gasteiger partial charge in [-0.15, -0.1) is 11.3 Å². The quantitative estimate of drug-likeness (QED) is 0.634. The monoisotopic (exact) mass is 328 g/mol. The number of hydrogen-bond acceptors (Lipinski definition) is 6. The molecule has 0 saturated heterocycles. The number of methoxy groups -OCH3 is 2. The molecule has 0 aliphatic rings. The number of hydrogen-bond donors (Lipinski definition) is 0. The minimum atomic E-state index is -1.53. The zero-order valence-corrected chi connectivity index (χ0v) is 13.4. The maximum Gasteiger partial charge on any atom is 0.356 e. The fourth-order valence-electron chi connectivity index (χ4n) is 1.34. The molecule has 0 unspecified atom stereocenters. The highest BCUT2D eigenvalue weighted by Crippen LogP contribution is 2.18. The molecule has 0 aliphatic carbocycles. The van der Waals surface area contributed by atoms with Gasteiger partial charge in [0.15, 0.2) is 0 Å². The van der Waals surface area contributed by atoms with Gasteiger partial charge in [0, 0.05) is 4.70 Å². The van der Waals surface area contributed by atoms with Gasteiger partial charge in [-0.25, -0.2) is 9.59 Å². The highest BCUT2D eigenvalue weighted by Gasteiger charge is 2.17. The Morgan fingerprint density at radius 2 is 1.67 bits per heavy atom. The fourth-order valence-corrected chi connectivity index (χ4v) is 2.99. The number of ether oxygens (including phenoxy) is 2. The average molecular weight is 328 g/mol. The lowest BCUT2D eigenvalue weighted by molar-refractivity contribution is -0.137. The molecule has 7 heteroatoms. The summed E-state index contributed by atoms with van der Waals surface area (Å²) in [6.07, 6.45) is 0. The van der Waals surface area contributed by atoms with Gasteiger partial charge in [-0.05, 0) is 34.1 Å². The van der Waals surface area contributed by atoms with E-state index in [0.717, 1.165) is 0 Å². The summed E-state index contributed by atoms with van der Waals surface area (Å²) in [5, 5.41) is 3.47. The molecule has 0 N–H and O–H groups in total. The standard InChI is InChI=1S/C8H6S.C6H10O5S/c1-2-4-8-7(3-1)5-6-9-8;1-10-5(7)3-12(9)4-6(8)11-2/h1-6H;3-4H2,1-2H3. The molecule has 21 heavy (non-hydrogen) atoms. The molecule has 2 aromatic rings. The smallest absolute Gasteiger partial charge is 0.356 e. The number of rotatable bonds is 4. The van der Waals surface area contributed by atoms with Gasteiger partial charge in [-0.3, -0.25) is 0 Å². The van der Waals surface area contributed by atoms with Crippen LogP contribution in [0.25, 0.3) is 10.1 Å². The summed E-state index contributed by atoms with van der Waals surface area (Å²) in [7, 11) is 2.38. The number of fused-ring (bicyclic) bond motifs is 1. The fraction of sp³-hybridized carbons (Fsp3) is 0.286. The number of carbonyl (C=O) groups excluding carboxylic acids is 2. The highest BCUT2D eigenvalue weighted by molar-refractivity contribution is 7.92. The minimum Gasteiger partial charge on any atom is -0.615 e. The Balaban J connectivity index is 0.000000216. The third-order valence-electron chi connectivity index (χ3n) is 2.37. The summed E-state index contributed by atoms with van der Waals surface area (Å²) in [5.74, 6) is -1.74. The lowest BCUT2D eigenvalue weighted by atomic mass is 10.3. The van der Waals surface area contributed by atoms with Gasteiger partial charge >= 0.3 is 11.9 Å². The van der Waals surface area contributed by atoms with Crippen molar-refractivity contribution in [3.05, 3.63) is 35.7 Å². The molecule has 0 spiro atoms. The van der Waals surface area contributed by atoms with Crippen LogP contribution in [0.2, 0.25) is 0 Å². The molecule has 0 amide bonds. The summed E-state index contributed by atoms with van der Waals surface area (Å²) in [5.41, 5.74) is 0. The number of benzene rings is 1. The largest absolute Gasteiger partial charge is 0.615 e. The molecular formula is C14H16O5S2. The molecule has 114 valence electrons. The molecule has 0 atom stereocenters. The van der Waals surface area contributed by atoms with Crippen LogP contribution in [0.4, 0.5) is 0 Å². The lowest BCUT2D eigenvalue weighted by Gasteiger charge is -2.07. The zero-order chi connectivity index (χ0) is 15.7. The molecule has 0 radical (unpaired) electrons. The van der Waals surface area contributed by atoms with Crippen molar-refractivity contribution in [3.63, 3.8) is 0 Å². The van der Waals surface area contributed by atoms with E-state index in [-0.39, 0.29) is 11.5 Å². The van der Waals surface area contributed by atoms with Gasteiger partial charge in [-0.2, -0.15) is 0 Å². The predicted octanol–water partition coefficient (Wildman–Crippen LogP) is 1.98. The van der Waals surface area contributed by atoms with Gasteiger partial charge in [0.05, 0.1) is 14.2 Å². The molecule has 1 aromatic heterocycles. The second kappa shape index (κ2) is 9.38. The third kappa shape index (κ3) is 6.61. The van der Waals surface area contributed by atoms with Crippen LogP contribution in [0.3, 0.4) is 0 Å². The van der Waals surface area contributed by atoms with E-state index in [0.29, 0.717) is 0 Å². The molecule has 1 aromatic carbocycles. The molecule has 0 aliphatic heterocycles. The van der Waals surface area contributed by atoms with Crippen LogP contribution < -0.4 is 0 Å². The van der Waals surface area contributed by atoms with E-state index in [9.17, 15) is 14.1 Å². The Kier molecular flexibility index (Phi) is 7.81. The van der Waals surface area contributed by atoms with Crippen LogP contribution in [0, 0.1) is 0 Å². The van der Waals surface area contributed by atoms with Crippen LogP contribution >= 0.6 is 11.3 Å². The first-order valence-electron chi connectivity index (χ1n) is 5.97. The number of esters is 2. The maximum atomic E-state index is 10.9. The number of carbonyl (C=O) groups is 2. The van der Waals surface area contributed by atoms with Crippen molar-refractivity contribution < 1.29 is 23.6 Å². The Bertz CT molecular complexity index is 533. The van der Waals surface area contributed by atoms with Crippen molar-refractivity contribution in [2.45, 2.75) is 0 Å². The predicted molar refractivity (Wildman–Crippen MR) is 83.7 cm³/mol. The van der Waals surface area contributed by atoms with Crippen molar-refractivity contribution in [1.29, 1.82) is 0 Å². The third-order valence-corrected chi connectivity index (χ3v) is 4.39. The van der Waals surface area contributed by atoms with E-state index in [1.54, 1.807) is 11.3 Å². The molecule has 0 fully saturated rings. The summed E-state index contributed by atoms with van der Waals surface area (Å²) in [6, 6.07) is 10.5. The van der Waals surface area contributed by atoms with E-state index < -0.39 is 23.1 Å². The van der Waals surface area contributed by atoms with Crippen LogP contribution in [0.5, 0.6) is 0 Å². The summed E-state index contributed by atoms with van der Waals surface area (Å²) >= 11 is 0.258. The van der Waals surface area contributed by atoms with Crippen molar-refractivity contribution in [1.82, 2.24) is 0 Å². The minimum absolute atomic E-state index is 0.272. The Morgan fingerprint density at radius 3 is 2.19 bits per heavy atom. The molecule has 1 heterocycles. The molecular weight excluding hydrogens is 312 g/mol. The Labute approximate surface area is 130 Å². The van der Waals surface area contributed by atoms with E-state index in [1.165, 1.54) is 24.3 Å². The van der Waals surface area contributed by atoms with E-state index >= 15 is 0 Å². The first-order chi connectivity index (χ1) is 10.1. The highest BCUT2D eigenvalue weighted by atomic mass is 32.2. The lowest BCUT2D eigenvalue weighted by Crippen LogP contribution is -2.24. The van der Waals surface area contributed by atoms with Gasteiger partial charge in [0.1, 0.15) is 0 Å². The van der Waals surface area contributed by atoms with E-state index in [4.69, 9.17) is 0 Å². The number of thiophene rings is 1. The Morgan fingerprint density at radius 1 is 1.10 bits per heavy atom. The van der Waals surface area contributed by atoms with Crippen LogP contribution in [-0.4, -0.2) is 42.2 Å². The topological polar surface area (TPSA) is 75.7 Å². The summed E-state index contributed by atoms with van der Waals surface area (Å²) < 4.78 is 20.8.